The van der Waals surface area contributed by atoms with Crippen molar-refractivity contribution in [3.05, 3.63) is 22.6 Å². The van der Waals surface area contributed by atoms with E-state index in [0.29, 0.717) is 17.8 Å². The lowest BCUT2D eigenvalue weighted by molar-refractivity contribution is 0.0749. The van der Waals surface area contributed by atoms with Gasteiger partial charge >= 0.3 is 0 Å². The van der Waals surface area contributed by atoms with Crippen LogP contribution in [0.3, 0.4) is 0 Å². The van der Waals surface area contributed by atoms with Gasteiger partial charge in [-0.3, -0.25) is 4.79 Å². The Kier molecular flexibility index (Phi) is 5.31. The van der Waals surface area contributed by atoms with Gasteiger partial charge in [0, 0.05) is 20.7 Å². The Bertz CT molecular complexity index is 356. The first-order chi connectivity index (χ1) is 7.54. The molecule has 1 amide bonds. The maximum Gasteiger partial charge on any atom is 0.289 e. The molecular weight excluding hydrogens is 297 g/mol. The van der Waals surface area contributed by atoms with Gasteiger partial charge in [-0.2, -0.15) is 0 Å². The van der Waals surface area contributed by atoms with Crippen LogP contribution in [0, 0.1) is 0 Å². The normalized spacial score (nSPS) is 12.5. The summed E-state index contributed by atoms with van der Waals surface area (Å²) in [6, 6.07) is 3.29. The van der Waals surface area contributed by atoms with Crippen molar-refractivity contribution in [1.29, 1.82) is 0 Å². The molecule has 0 spiro atoms. The average molecular weight is 311 g/mol. The van der Waals surface area contributed by atoms with E-state index >= 15 is 0 Å². The summed E-state index contributed by atoms with van der Waals surface area (Å²) in [5.41, 5.74) is 0. The summed E-state index contributed by atoms with van der Waals surface area (Å²) < 4.78 is 10.6. The Morgan fingerprint density at radius 1 is 1.69 bits per heavy atom. The zero-order valence-electron chi connectivity index (χ0n) is 9.07. The van der Waals surface area contributed by atoms with Crippen LogP contribution in [0.1, 0.15) is 10.6 Å². The van der Waals surface area contributed by atoms with E-state index in [9.17, 15) is 4.79 Å². The van der Waals surface area contributed by atoms with Gasteiger partial charge in [0.2, 0.25) is 0 Å². The number of halogens is 2. The molecule has 0 aliphatic rings. The Hall–Kier alpha value is -0.520. The second-order valence-electron chi connectivity index (χ2n) is 3.34. The smallest absolute Gasteiger partial charge is 0.289 e. The molecule has 0 N–H and O–H groups in total. The molecule has 0 fully saturated rings. The maximum absolute atomic E-state index is 11.8. The molecule has 1 heterocycles. The highest BCUT2D eigenvalue weighted by molar-refractivity contribution is 9.10. The fraction of sp³-hybridized carbons (Fsp3) is 0.500. The molecular formula is C10H13BrClNO3. The molecule has 0 aliphatic carbocycles. The molecule has 0 aliphatic heterocycles. The van der Waals surface area contributed by atoms with Gasteiger partial charge in [0.25, 0.3) is 5.91 Å². The molecule has 0 radical (unpaired) electrons. The Morgan fingerprint density at radius 2 is 2.38 bits per heavy atom. The van der Waals surface area contributed by atoms with Gasteiger partial charge in [0.15, 0.2) is 10.4 Å². The average Bonchev–Trinajstić information content (AvgIpc) is 2.64. The molecule has 90 valence electrons. The number of nitrogens with zero attached hydrogens (tertiary/aromatic N) is 1. The van der Waals surface area contributed by atoms with Crippen molar-refractivity contribution in [2.45, 2.75) is 5.38 Å². The zero-order valence-corrected chi connectivity index (χ0v) is 11.4. The first-order valence-corrected chi connectivity index (χ1v) is 5.91. The lowest BCUT2D eigenvalue weighted by atomic mass is 10.3. The van der Waals surface area contributed by atoms with E-state index in [1.165, 1.54) is 4.90 Å². The van der Waals surface area contributed by atoms with Gasteiger partial charge in [-0.15, -0.1) is 11.6 Å². The minimum atomic E-state index is -0.225. The molecule has 1 atom stereocenters. The number of ether oxygens (including phenoxy) is 1. The highest BCUT2D eigenvalue weighted by Gasteiger charge is 2.18. The van der Waals surface area contributed by atoms with E-state index in [0.717, 1.165) is 0 Å². The number of rotatable bonds is 5. The second-order valence-corrected chi connectivity index (χ2v) is 4.74. The van der Waals surface area contributed by atoms with Crippen molar-refractivity contribution in [3.8, 4) is 0 Å². The zero-order chi connectivity index (χ0) is 12.1. The first kappa shape index (κ1) is 13.5. The SMILES string of the molecule is COCC(Cl)CN(C)C(=O)c1ccc(Br)o1. The summed E-state index contributed by atoms with van der Waals surface area (Å²) in [7, 11) is 3.24. The van der Waals surface area contributed by atoms with Crippen LogP contribution in [0.2, 0.25) is 0 Å². The third kappa shape index (κ3) is 3.81. The monoisotopic (exact) mass is 309 g/mol. The Labute approximate surface area is 108 Å². The Morgan fingerprint density at radius 3 is 2.88 bits per heavy atom. The molecule has 1 unspecified atom stereocenters. The van der Waals surface area contributed by atoms with Crippen LogP contribution in [0.5, 0.6) is 0 Å². The number of furan rings is 1. The van der Waals surface area contributed by atoms with E-state index in [1.807, 2.05) is 0 Å². The summed E-state index contributed by atoms with van der Waals surface area (Å²) in [6.45, 7) is 0.813. The van der Waals surface area contributed by atoms with Crippen LogP contribution >= 0.6 is 27.5 Å². The van der Waals surface area contributed by atoms with Gasteiger partial charge in [0.1, 0.15) is 0 Å². The molecule has 6 heteroatoms. The number of alkyl halides is 1. The third-order valence-corrected chi connectivity index (χ3v) is 2.64. The van der Waals surface area contributed by atoms with E-state index < -0.39 is 0 Å². The predicted molar refractivity (Wildman–Crippen MR) is 64.9 cm³/mol. The molecule has 4 nitrogen and oxygen atoms in total. The largest absolute Gasteiger partial charge is 0.444 e. The van der Waals surface area contributed by atoms with E-state index in [-0.39, 0.29) is 17.0 Å². The van der Waals surface area contributed by atoms with E-state index in [4.69, 9.17) is 20.8 Å². The van der Waals surface area contributed by atoms with Crippen LogP contribution in [0.25, 0.3) is 0 Å². The molecule has 1 rings (SSSR count). The van der Waals surface area contributed by atoms with Gasteiger partial charge in [0.05, 0.1) is 12.0 Å². The van der Waals surface area contributed by atoms with Crippen molar-refractivity contribution >= 4 is 33.4 Å². The van der Waals surface area contributed by atoms with E-state index in [1.54, 1.807) is 26.3 Å². The van der Waals surface area contributed by atoms with Crippen LogP contribution in [-0.2, 0) is 4.74 Å². The summed E-state index contributed by atoms with van der Waals surface area (Å²) in [6.07, 6.45) is 0. The molecule has 0 saturated heterocycles. The summed E-state index contributed by atoms with van der Waals surface area (Å²) in [5.74, 6) is 0.0862. The lowest BCUT2D eigenvalue weighted by Gasteiger charge is -2.18. The van der Waals surface area contributed by atoms with Gasteiger partial charge < -0.3 is 14.1 Å². The maximum atomic E-state index is 11.8. The highest BCUT2D eigenvalue weighted by atomic mass is 79.9. The van der Waals surface area contributed by atoms with Gasteiger partial charge in [-0.1, -0.05) is 0 Å². The van der Waals surface area contributed by atoms with Crippen LogP contribution in [0.4, 0.5) is 0 Å². The van der Waals surface area contributed by atoms with Crippen LogP contribution in [-0.4, -0.2) is 43.5 Å². The van der Waals surface area contributed by atoms with Crippen LogP contribution < -0.4 is 0 Å². The van der Waals surface area contributed by atoms with Crippen molar-refractivity contribution in [2.75, 3.05) is 27.3 Å². The number of hydrogen-bond acceptors (Lipinski definition) is 3. The Balaban J connectivity index is 2.54. The van der Waals surface area contributed by atoms with Crippen molar-refractivity contribution in [3.63, 3.8) is 0 Å². The van der Waals surface area contributed by atoms with E-state index in [2.05, 4.69) is 15.9 Å². The molecule has 16 heavy (non-hydrogen) atoms. The standard InChI is InChI=1S/C10H13BrClNO3/c1-13(5-7(12)6-15-2)10(14)8-3-4-9(11)16-8/h3-4,7H,5-6H2,1-2H3. The summed E-state index contributed by atoms with van der Waals surface area (Å²) in [4.78, 5) is 13.3. The lowest BCUT2D eigenvalue weighted by Crippen LogP contribution is -2.33. The number of hydrogen-bond donors (Lipinski definition) is 0. The summed E-state index contributed by atoms with van der Waals surface area (Å²) >= 11 is 9.10. The minimum Gasteiger partial charge on any atom is -0.444 e. The topological polar surface area (TPSA) is 42.7 Å². The molecule has 1 aromatic heterocycles. The van der Waals surface area contributed by atoms with Crippen molar-refractivity contribution < 1.29 is 13.9 Å². The number of methoxy groups -OCH3 is 1. The number of carbonyl (C=O) groups is 1. The second kappa shape index (κ2) is 6.27. The molecule has 1 aromatic rings. The third-order valence-electron chi connectivity index (χ3n) is 1.95. The van der Waals surface area contributed by atoms with Crippen LogP contribution in [0.15, 0.2) is 21.2 Å². The number of amides is 1. The fourth-order valence-corrected chi connectivity index (χ4v) is 1.87. The predicted octanol–water partition coefficient (Wildman–Crippen LogP) is 2.37. The van der Waals surface area contributed by atoms with Gasteiger partial charge in [-0.25, -0.2) is 0 Å². The number of carbonyl (C=O) groups excluding carboxylic acids is 1. The quantitative estimate of drug-likeness (QED) is 0.784. The van der Waals surface area contributed by atoms with Gasteiger partial charge in [-0.05, 0) is 28.1 Å². The fourth-order valence-electron chi connectivity index (χ4n) is 1.23. The van der Waals surface area contributed by atoms with Crippen molar-refractivity contribution in [1.82, 2.24) is 4.90 Å². The first-order valence-electron chi connectivity index (χ1n) is 4.68. The molecule has 0 saturated carbocycles. The molecule has 0 aromatic carbocycles. The highest BCUT2D eigenvalue weighted by Crippen LogP contribution is 2.15. The molecule has 0 bridgehead atoms. The minimum absolute atomic E-state index is 0.201. The van der Waals surface area contributed by atoms with Crippen molar-refractivity contribution in [2.24, 2.45) is 0 Å². The summed E-state index contributed by atoms with van der Waals surface area (Å²) in [5, 5.41) is -0.225.